The molecule has 0 saturated heterocycles. The molecule has 0 saturated carbocycles. The van der Waals surface area contributed by atoms with Gasteiger partial charge in [-0.05, 0) is 24.3 Å². The molecule has 1 amide bonds. The van der Waals surface area contributed by atoms with Crippen molar-refractivity contribution in [2.45, 2.75) is 0 Å². The van der Waals surface area contributed by atoms with E-state index in [4.69, 9.17) is 10.00 Å². The second-order valence-corrected chi connectivity index (χ2v) is 4.50. The van der Waals surface area contributed by atoms with Gasteiger partial charge < -0.3 is 10.1 Å². The minimum absolute atomic E-state index is 0.159. The molecule has 19 heavy (non-hydrogen) atoms. The van der Waals surface area contributed by atoms with E-state index in [0.29, 0.717) is 11.1 Å². The predicted molar refractivity (Wildman–Crippen MR) is 72.6 cm³/mol. The van der Waals surface area contributed by atoms with Gasteiger partial charge in [0.25, 0.3) is 5.91 Å². The van der Waals surface area contributed by atoms with Crippen LogP contribution < -0.4 is 5.32 Å². The minimum Gasteiger partial charge on any atom is -0.383 e. The number of hydrogen-bond donors (Lipinski definition) is 1. The van der Waals surface area contributed by atoms with Gasteiger partial charge in [-0.25, -0.2) is 4.39 Å². The largest absolute Gasteiger partial charge is 0.383 e. The van der Waals surface area contributed by atoms with Gasteiger partial charge in [0.05, 0.1) is 6.61 Å². The molecule has 1 rings (SSSR count). The van der Waals surface area contributed by atoms with Crippen molar-refractivity contribution >= 4 is 27.9 Å². The fourth-order valence-corrected chi connectivity index (χ4v) is 1.67. The van der Waals surface area contributed by atoms with Crippen molar-refractivity contribution in [3.63, 3.8) is 0 Å². The maximum atomic E-state index is 13.5. The highest BCUT2D eigenvalue weighted by atomic mass is 79.9. The predicted octanol–water partition coefficient (Wildman–Crippen LogP) is 2.26. The Kier molecular flexibility index (Phi) is 6.19. The van der Waals surface area contributed by atoms with Crippen LogP contribution in [-0.4, -0.2) is 26.2 Å². The van der Waals surface area contributed by atoms with Gasteiger partial charge in [0, 0.05) is 23.7 Å². The first-order chi connectivity index (χ1) is 9.08. The number of ether oxygens (including phenoxy) is 1. The maximum absolute atomic E-state index is 13.5. The van der Waals surface area contributed by atoms with Crippen molar-refractivity contribution in [2.24, 2.45) is 0 Å². The van der Waals surface area contributed by atoms with Gasteiger partial charge in [-0.3, -0.25) is 4.79 Å². The third-order valence-corrected chi connectivity index (χ3v) is 2.71. The fraction of sp³-hybridized carbons (Fsp3) is 0.231. The van der Waals surface area contributed by atoms with E-state index in [1.165, 1.54) is 31.4 Å². The fourth-order valence-electron chi connectivity index (χ4n) is 1.29. The van der Waals surface area contributed by atoms with E-state index in [9.17, 15) is 9.18 Å². The molecule has 0 aliphatic heterocycles. The van der Waals surface area contributed by atoms with Crippen LogP contribution in [0.3, 0.4) is 0 Å². The van der Waals surface area contributed by atoms with Crippen molar-refractivity contribution < 1.29 is 13.9 Å². The van der Waals surface area contributed by atoms with Gasteiger partial charge in [0.2, 0.25) is 0 Å². The summed E-state index contributed by atoms with van der Waals surface area (Å²) in [6.07, 6.45) is 1.21. The van der Waals surface area contributed by atoms with E-state index in [1.54, 1.807) is 6.07 Å². The number of benzene rings is 1. The smallest absolute Gasteiger partial charge is 0.262 e. The van der Waals surface area contributed by atoms with E-state index >= 15 is 0 Å². The molecule has 0 fully saturated rings. The van der Waals surface area contributed by atoms with E-state index < -0.39 is 11.7 Å². The number of rotatable bonds is 5. The lowest BCUT2D eigenvalue weighted by Gasteiger charge is -2.04. The molecule has 0 bridgehead atoms. The summed E-state index contributed by atoms with van der Waals surface area (Å²) in [6.45, 7) is 0.630. The molecule has 1 aromatic rings. The van der Waals surface area contributed by atoms with Crippen LogP contribution in [0.25, 0.3) is 6.08 Å². The first-order valence-electron chi connectivity index (χ1n) is 5.42. The molecule has 0 unspecified atom stereocenters. The molecule has 100 valence electrons. The number of nitrogens with zero attached hydrogens (tertiary/aromatic N) is 1. The SMILES string of the molecule is COCCNC(=O)/C(C#N)=C/c1cc(Br)ccc1F. The van der Waals surface area contributed by atoms with Crippen molar-refractivity contribution in [2.75, 3.05) is 20.3 Å². The van der Waals surface area contributed by atoms with Crippen LogP contribution >= 0.6 is 15.9 Å². The highest BCUT2D eigenvalue weighted by Crippen LogP contribution is 2.18. The summed E-state index contributed by atoms with van der Waals surface area (Å²) in [6, 6.07) is 6.04. The Bertz CT molecular complexity index is 538. The Hall–Kier alpha value is -1.71. The number of amides is 1. The van der Waals surface area contributed by atoms with Crippen LogP contribution in [0.15, 0.2) is 28.2 Å². The summed E-state index contributed by atoms with van der Waals surface area (Å²) in [4.78, 5) is 11.7. The molecular formula is C13H12BrFN2O2. The van der Waals surface area contributed by atoms with Crippen molar-refractivity contribution in [1.29, 1.82) is 5.26 Å². The average Bonchev–Trinajstić information content (AvgIpc) is 2.39. The Morgan fingerprint density at radius 2 is 2.37 bits per heavy atom. The number of nitrogens with one attached hydrogen (secondary N) is 1. The van der Waals surface area contributed by atoms with E-state index in [-0.39, 0.29) is 17.7 Å². The van der Waals surface area contributed by atoms with Crippen molar-refractivity contribution in [3.05, 3.63) is 39.6 Å². The Labute approximate surface area is 119 Å². The average molecular weight is 327 g/mol. The number of carbonyl (C=O) groups excluding carboxylic acids is 1. The zero-order valence-corrected chi connectivity index (χ0v) is 11.8. The van der Waals surface area contributed by atoms with Crippen LogP contribution in [0.1, 0.15) is 5.56 Å². The van der Waals surface area contributed by atoms with Crippen molar-refractivity contribution in [1.82, 2.24) is 5.32 Å². The molecule has 6 heteroatoms. The van der Waals surface area contributed by atoms with E-state index in [0.717, 1.165) is 0 Å². The lowest BCUT2D eigenvalue weighted by atomic mass is 10.1. The lowest BCUT2D eigenvalue weighted by molar-refractivity contribution is -0.117. The summed E-state index contributed by atoms with van der Waals surface area (Å²) < 4.78 is 18.9. The Morgan fingerprint density at radius 3 is 3.00 bits per heavy atom. The Balaban J connectivity index is 2.90. The highest BCUT2D eigenvalue weighted by Gasteiger charge is 2.10. The number of halogens is 2. The third-order valence-electron chi connectivity index (χ3n) is 2.21. The quantitative estimate of drug-likeness (QED) is 0.513. The Morgan fingerprint density at radius 1 is 1.63 bits per heavy atom. The van der Waals surface area contributed by atoms with Crippen molar-refractivity contribution in [3.8, 4) is 6.07 Å². The van der Waals surface area contributed by atoms with Crippen LogP contribution in [0.2, 0.25) is 0 Å². The van der Waals surface area contributed by atoms with E-state index in [2.05, 4.69) is 21.2 Å². The van der Waals surface area contributed by atoms with Gasteiger partial charge >= 0.3 is 0 Å². The van der Waals surface area contributed by atoms with Crippen LogP contribution in [-0.2, 0) is 9.53 Å². The second-order valence-electron chi connectivity index (χ2n) is 3.58. The molecule has 0 heterocycles. The molecule has 0 atom stereocenters. The van der Waals surface area contributed by atoms with Crippen LogP contribution in [0.5, 0.6) is 0 Å². The number of hydrogen-bond acceptors (Lipinski definition) is 3. The summed E-state index contributed by atoms with van der Waals surface area (Å²) in [5.41, 5.74) is 0.0147. The van der Waals surface area contributed by atoms with Gasteiger partial charge in [0.1, 0.15) is 17.5 Å². The standard InChI is InChI=1S/C13H12BrFN2O2/c1-19-5-4-17-13(18)10(8-16)6-9-7-11(14)2-3-12(9)15/h2-3,6-7H,4-5H2,1H3,(H,17,18)/b10-6+. The van der Waals surface area contributed by atoms with Crippen LogP contribution in [0.4, 0.5) is 4.39 Å². The zero-order chi connectivity index (χ0) is 14.3. The van der Waals surface area contributed by atoms with Crippen LogP contribution in [0, 0.1) is 17.1 Å². The molecule has 4 nitrogen and oxygen atoms in total. The molecular weight excluding hydrogens is 315 g/mol. The number of methoxy groups -OCH3 is 1. The van der Waals surface area contributed by atoms with Gasteiger partial charge in [-0.1, -0.05) is 15.9 Å². The first kappa shape index (κ1) is 15.3. The van der Waals surface area contributed by atoms with Gasteiger partial charge in [-0.2, -0.15) is 5.26 Å². The summed E-state index contributed by atoms with van der Waals surface area (Å²) in [5, 5.41) is 11.4. The maximum Gasteiger partial charge on any atom is 0.262 e. The minimum atomic E-state index is -0.557. The normalized spacial score (nSPS) is 10.9. The van der Waals surface area contributed by atoms with Gasteiger partial charge in [0.15, 0.2) is 0 Å². The van der Waals surface area contributed by atoms with Gasteiger partial charge in [-0.15, -0.1) is 0 Å². The molecule has 0 aromatic heterocycles. The molecule has 0 aliphatic rings. The zero-order valence-electron chi connectivity index (χ0n) is 10.2. The second kappa shape index (κ2) is 7.67. The molecule has 0 aliphatic carbocycles. The summed E-state index contributed by atoms with van der Waals surface area (Å²) in [7, 11) is 1.50. The molecule has 0 spiro atoms. The summed E-state index contributed by atoms with van der Waals surface area (Å²) >= 11 is 3.20. The third kappa shape index (κ3) is 4.81. The topological polar surface area (TPSA) is 62.1 Å². The number of nitriles is 1. The van der Waals surface area contributed by atoms with E-state index in [1.807, 2.05) is 0 Å². The molecule has 1 aromatic carbocycles. The molecule has 1 N–H and O–H groups in total. The lowest BCUT2D eigenvalue weighted by Crippen LogP contribution is -2.27. The highest BCUT2D eigenvalue weighted by molar-refractivity contribution is 9.10. The molecule has 0 radical (unpaired) electrons. The summed E-state index contributed by atoms with van der Waals surface area (Å²) in [5.74, 6) is -1.06. The number of carbonyl (C=O) groups is 1. The monoisotopic (exact) mass is 326 g/mol. The first-order valence-corrected chi connectivity index (χ1v) is 6.21.